The Morgan fingerprint density at radius 3 is 2.62 bits per heavy atom. The Hall–Kier alpha value is -0.580. The Kier molecular flexibility index (Phi) is 6.52. The van der Waals surface area contributed by atoms with Gasteiger partial charge in [-0.15, -0.1) is 0 Å². The maximum Gasteiger partial charge on any atom is 0.133 e. The maximum atomic E-state index is 6.06. The molecule has 0 aromatic heterocycles. The van der Waals surface area contributed by atoms with Crippen molar-refractivity contribution in [1.29, 1.82) is 0 Å². The molecule has 0 bridgehead atoms. The molecule has 0 amide bonds. The van der Waals surface area contributed by atoms with Crippen LogP contribution in [-0.2, 0) is 0 Å². The molecule has 0 aliphatic carbocycles. The first-order valence-corrected chi connectivity index (χ1v) is 8.76. The van der Waals surface area contributed by atoms with Crippen molar-refractivity contribution in [2.75, 3.05) is 26.7 Å². The zero-order valence-corrected chi connectivity index (χ0v) is 14.7. The fourth-order valence-electron chi connectivity index (χ4n) is 3.35. The first kappa shape index (κ1) is 16.8. The highest BCUT2D eigenvalue weighted by Gasteiger charge is 2.25. The van der Waals surface area contributed by atoms with Crippen LogP contribution in [0, 0.1) is 5.92 Å². The normalized spacial score (nSPS) is 18.7. The summed E-state index contributed by atoms with van der Waals surface area (Å²) in [5.74, 6) is 1.78. The van der Waals surface area contributed by atoms with Crippen molar-refractivity contribution in [3.8, 4) is 5.75 Å². The van der Waals surface area contributed by atoms with Crippen molar-refractivity contribution in [2.45, 2.75) is 38.6 Å². The smallest absolute Gasteiger partial charge is 0.133 e. The lowest BCUT2D eigenvalue weighted by Gasteiger charge is -2.37. The lowest BCUT2D eigenvalue weighted by atomic mass is 9.91. The van der Waals surface area contributed by atoms with Crippen molar-refractivity contribution >= 4 is 15.9 Å². The minimum Gasteiger partial charge on any atom is -0.496 e. The van der Waals surface area contributed by atoms with Crippen LogP contribution in [0.5, 0.6) is 5.75 Å². The van der Waals surface area contributed by atoms with E-state index >= 15 is 0 Å². The average molecular weight is 355 g/mol. The van der Waals surface area contributed by atoms with E-state index in [4.69, 9.17) is 10.5 Å². The van der Waals surface area contributed by atoms with E-state index in [1.165, 1.54) is 31.2 Å². The van der Waals surface area contributed by atoms with E-state index in [0.717, 1.165) is 29.2 Å². The Morgan fingerprint density at radius 2 is 2.10 bits per heavy atom. The molecule has 0 saturated carbocycles. The number of methoxy groups -OCH3 is 1. The maximum absolute atomic E-state index is 6.06. The van der Waals surface area contributed by atoms with Crippen molar-refractivity contribution in [2.24, 2.45) is 11.7 Å². The Bertz CT molecular complexity index is 444. The largest absolute Gasteiger partial charge is 0.496 e. The quantitative estimate of drug-likeness (QED) is 0.839. The second kappa shape index (κ2) is 8.16. The SMILES string of the molecule is CCCC1CCN(C(CN)c2ccc(OC)c(Br)c2)CC1. The highest BCUT2D eigenvalue weighted by atomic mass is 79.9. The van der Waals surface area contributed by atoms with Crippen molar-refractivity contribution in [3.05, 3.63) is 28.2 Å². The lowest BCUT2D eigenvalue weighted by molar-refractivity contribution is 0.131. The fourth-order valence-corrected chi connectivity index (χ4v) is 3.91. The topological polar surface area (TPSA) is 38.5 Å². The lowest BCUT2D eigenvalue weighted by Crippen LogP contribution is -2.39. The van der Waals surface area contributed by atoms with Gasteiger partial charge in [0.25, 0.3) is 0 Å². The Labute approximate surface area is 137 Å². The second-order valence-electron chi connectivity index (χ2n) is 5.91. The summed E-state index contributed by atoms with van der Waals surface area (Å²) >= 11 is 3.57. The summed E-state index contributed by atoms with van der Waals surface area (Å²) in [6.07, 6.45) is 5.29. The summed E-state index contributed by atoms with van der Waals surface area (Å²) < 4.78 is 6.31. The molecule has 118 valence electrons. The molecule has 1 aromatic carbocycles. The summed E-state index contributed by atoms with van der Waals surface area (Å²) in [4.78, 5) is 2.54. The number of halogens is 1. The van der Waals surface area contributed by atoms with E-state index in [0.29, 0.717) is 12.6 Å². The summed E-state index contributed by atoms with van der Waals surface area (Å²) in [5.41, 5.74) is 7.34. The van der Waals surface area contributed by atoms with E-state index in [9.17, 15) is 0 Å². The minimum atomic E-state index is 0.315. The Balaban J connectivity index is 2.05. The van der Waals surface area contributed by atoms with Gasteiger partial charge in [0.05, 0.1) is 11.6 Å². The highest BCUT2D eigenvalue weighted by Crippen LogP contribution is 2.32. The molecule has 0 spiro atoms. The third-order valence-electron chi connectivity index (χ3n) is 4.57. The molecule has 1 aliphatic heterocycles. The standard InChI is InChI=1S/C17H27BrN2O/c1-3-4-13-7-9-20(10-8-13)16(12-19)14-5-6-17(21-2)15(18)11-14/h5-6,11,13,16H,3-4,7-10,12,19H2,1-2H3. The van der Waals surface area contributed by atoms with E-state index in [2.05, 4.69) is 39.9 Å². The van der Waals surface area contributed by atoms with Gasteiger partial charge < -0.3 is 10.5 Å². The zero-order valence-electron chi connectivity index (χ0n) is 13.1. The molecular weight excluding hydrogens is 328 g/mol. The number of piperidine rings is 1. The van der Waals surface area contributed by atoms with Gasteiger partial charge in [-0.05, 0) is 65.5 Å². The van der Waals surface area contributed by atoms with Gasteiger partial charge in [0.2, 0.25) is 0 Å². The molecule has 2 N–H and O–H groups in total. The summed E-state index contributed by atoms with van der Waals surface area (Å²) in [6, 6.07) is 6.62. The van der Waals surface area contributed by atoms with Crippen LogP contribution in [0.4, 0.5) is 0 Å². The van der Waals surface area contributed by atoms with E-state index in [-0.39, 0.29) is 0 Å². The first-order chi connectivity index (χ1) is 10.2. The van der Waals surface area contributed by atoms with Gasteiger partial charge in [-0.1, -0.05) is 25.8 Å². The molecule has 1 saturated heterocycles. The van der Waals surface area contributed by atoms with Crippen LogP contribution in [0.2, 0.25) is 0 Å². The molecule has 1 heterocycles. The van der Waals surface area contributed by atoms with Crippen LogP contribution in [0.1, 0.15) is 44.2 Å². The number of benzene rings is 1. The molecule has 1 unspecified atom stereocenters. The van der Waals surface area contributed by atoms with Crippen molar-refractivity contribution in [1.82, 2.24) is 4.90 Å². The Morgan fingerprint density at radius 1 is 1.38 bits per heavy atom. The molecule has 1 aliphatic rings. The van der Waals surface area contributed by atoms with Crippen LogP contribution in [0.15, 0.2) is 22.7 Å². The van der Waals surface area contributed by atoms with E-state index < -0.39 is 0 Å². The van der Waals surface area contributed by atoms with Gasteiger partial charge in [0, 0.05) is 12.6 Å². The van der Waals surface area contributed by atoms with Crippen LogP contribution >= 0.6 is 15.9 Å². The number of nitrogens with zero attached hydrogens (tertiary/aromatic N) is 1. The third kappa shape index (κ3) is 4.21. The van der Waals surface area contributed by atoms with Gasteiger partial charge in [-0.3, -0.25) is 4.90 Å². The average Bonchev–Trinajstić information content (AvgIpc) is 2.50. The minimum absolute atomic E-state index is 0.315. The predicted molar refractivity (Wildman–Crippen MR) is 91.7 cm³/mol. The number of hydrogen-bond donors (Lipinski definition) is 1. The van der Waals surface area contributed by atoms with Crippen LogP contribution in [0.25, 0.3) is 0 Å². The van der Waals surface area contributed by atoms with Gasteiger partial charge in [-0.2, -0.15) is 0 Å². The van der Waals surface area contributed by atoms with Gasteiger partial charge in [0.1, 0.15) is 5.75 Å². The second-order valence-corrected chi connectivity index (χ2v) is 6.77. The fraction of sp³-hybridized carbons (Fsp3) is 0.647. The first-order valence-electron chi connectivity index (χ1n) is 7.97. The molecule has 1 atom stereocenters. The van der Waals surface area contributed by atoms with Crippen LogP contribution in [-0.4, -0.2) is 31.6 Å². The summed E-state index contributed by atoms with van der Waals surface area (Å²) in [7, 11) is 1.69. The monoisotopic (exact) mass is 354 g/mol. The zero-order chi connectivity index (χ0) is 15.2. The number of nitrogens with two attached hydrogens (primary N) is 1. The number of ether oxygens (including phenoxy) is 1. The number of likely N-dealkylation sites (tertiary alicyclic amines) is 1. The van der Waals surface area contributed by atoms with E-state index in [1.54, 1.807) is 7.11 Å². The van der Waals surface area contributed by atoms with Crippen LogP contribution in [0.3, 0.4) is 0 Å². The summed E-state index contributed by atoms with van der Waals surface area (Å²) in [6.45, 7) is 5.27. The van der Waals surface area contributed by atoms with E-state index in [1.807, 2.05) is 6.07 Å². The molecule has 2 rings (SSSR count). The summed E-state index contributed by atoms with van der Waals surface area (Å²) in [5, 5.41) is 0. The third-order valence-corrected chi connectivity index (χ3v) is 5.19. The molecule has 1 aromatic rings. The molecule has 21 heavy (non-hydrogen) atoms. The number of rotatable bonds is 6. The molecular formula is C17H27BrN2O. The highest BCUT2D eigenvalue weighted by molar-refractivity contribution is 9.10. The van der Waals surface area contributed by atoms with Gasteiger partial charge in [0.15, 0.2) is 0 Å². The molecule has 3 nitrogen and oxygen atoms in total. The molecule has 4 heteroatoms. The molecule has 1 fully saturated rings. The van der Waals surface area contributed by atoms with Gasteiger partial charge in [-0.25, -0.2) is 0 Å². The van der Waals surface area contributed by atoms with Crippen molar-refractivity contribution < 1.29 is 4.74 Å². The number of hydrogen-bond acceptors (Lipinski definition) is 3. The van der Waals surface area contributed by atoms with Crippen molar-refractivity contribution in [3.63, 3.8) is 0 Å². The van der Waals surface area contributed by atoms with Crippen LogP contribution < -0.4 is 10.5 Å². The molecule has 0 radical (unpaired) electrons. The van der Waals surface area contributed by atoms with Gasteiger partial charge >= 0.3 is 0 Å². The predicted octanol–water partition coefficient (Wildman–Crippen LogP) is 3.97.